The highest BCUT2D eigenvalue weighted by molar-refractivity contribution is 7.89. The van der Waals surface area contributed by atoms with E-state index in [1.165, 1.54) is 12.1 Å². The molecule has 0 radical (unpaired) electrons. The molecular formula is C11H18N2O4S. The standard InChI is InChI=1S/C11H18N2O4S/c1-11(2)8(5-9(11)14)13-18(15,16)10-4-3-7(6-12)17-10/h3-4,8-9,13-14H,5-6,12H2,1-2H3. The van der Waals surface area contributed by atoms with Crippen molar-refractivity contribution >= 4 is 10.0 Å². The fourth-order valence-electron chi connectivity index (χ4n) is 1.96. The second kappa shape index (κ2) is 4.34. The average Bonchev–Trinajstić information content (AvgIpc) is 2.77. The monoisotopic (exact) mass is 274 g/mol. The molecule has 0 aromatic carbocycles. The summed E-state index contributed by atoms with van der Waals surface area (Å²) in [5.74, 6) is 0.420. The van der Waals surface area contributed by atoms with E-state index in [0.29, 0.717) is 12.2 Å². The van der Waals surface area contributed by atoms with Crippen LogP contribution >= 0.6 is 0 Å². The van der Waals surface area contributed by atoms with Gasteiger partial charge in [0.05, 0.1) is 12.6 Å². The Balaban J connectivity index is 2.13. The number of nitrogens with one attached hydrogen (secondary N) is 1. The lowest BCUT2D eigenvalue weighted by Gasteiger charge is -2.48. The molecule has 2 unspecified atom stereocenters. The van der Waals surface area contributed by atoms with E-state index in [0.717, 1.165) is 0 Å². The number of hydrogen-bond acceptors (Lipinski definition) is 5. The Morgan fingerprint density at radius 3 is 2.67 bits per heavy atom. The number of aliphatic hydroxyl groups is 1. The van der Waals surface area contributed by atoms with E-state index >= 15 is 0 Å². The quantitative estimate of drug-likeness (QED) is 0.726. The summed E-state index contributed by atoms with van der Waals surface area (Å²) in [7, 11) is -3.69. The highest BCUT2D eigenvalue weighted by Gasteiger charge is 2.49. The van der Waals surface area contributed by atoms with Crippen LogP contribution in [0.15, 0.2) is 21.6 Å². The van der Waals surface area contributed by atoms with Gasteiger partial charge >= 0.3 is 0 Å². The maximum Gasteiger partial charge on any atom is 0.274 e. The highest BCUT2D eigenvalue weighted by atomic mass is 32.2. The van der Waals surface area contributed by atoms with Crippen LogP contribution in [-0.2, 0) is 16.6 Å². The van der Waals surface area contributed by atoms with Crippen LogP contribution in [-0.4, -0.2) is 25.7 Å². The van der Waals surface area contributed by atoms with E-state index in [9.17, 15) is 13.5 Å². The van der Waals surface area contributed by atoms with Gasteiger partial charge in [0.15, 0.2) is 0 Å². The largest absolute Gasteiger partial charge is 0.447 e. The summed E-state index contributed by atoms with van der Waals surface area (Å²) >= 11 is 0. The molecule has 0 bridgehead atoms. The van der Waals surface area contributed by atoms with E-state index < -0.39 is 21.5 Å². The molecule has 2 atom stereocenters. The molecule has 4 N–H and O–H groups in total. The molecule has 1 fully saturated rings. The average molecular weight is 274 g/mol. The van der Waals surface area contributed by atoms with Gasteiger partial charge in [-0.05, 0) is 18.6 Å². The van der Waals surface area contributed by atoms with Crippen LogP contribution in [0.4, 0.5) is 0 Å². The SMILES string of the molecule is CC1(C)C(O)CC1NS(=O)(=O)c1ccc(CN)o1. The highest BCUT2D eigenvalue weighted by Crippen LogP contribution is 2.41. The first-order valence-electron chi connectivity index (χ1n) is 5.76. The summed E-state index contributed by atoms with van der Waals surface area (Å²) in [5, 5.41) is 9.44. The van der Waals surface area contributed by atoms with Crippen molar-refractivity contribution < 1.29 is 17.9 Å². The number of furan rings is 1. The summed E-state index contributed by atoms with van der Waals surface area (Å²) < 4.78 is 31.7. The third-order valence-electron chi connectivity index (χ3n) is 3.62. The van der Waals surface area contributed by atoms with Crippen molar-refractivity contribution in [2.45, 2.75) is 44.1 Å². The van der Waals surface area contributed by atoms with E-state index in [4.69, 9.17) is 10.2 Å². The van der Waals surface area contributed by atoms with Gasteiger partial charge in [0.2, 0.25) is 5.09 Å². The van der Waals surface area contributed by atoms with E-state index in [2.05, 4.69) is 4.72 Å². The van der Waals surface area contributed by atoms with Crippen LogP contribution in [0, 0.1) is 5.41 Å². The Bertz CT molecular complexity index is 535. The van der Waals surface area contributed by atoms with Crippen molar-refractivity contribution in [3.05, 3.63) is 17.9 Å². The molecule has 1 aromatic rings. The molecule has 0 aliphatic heterocycles. The van der Waals surface area contributed by atoms with Crippen LogP contribution in [0.3, 0.4) is 0 Å². The van der Waals surface area contributed by atoms with E-state index in [-0.39, 0.29) is 17.7 Å². The van der Waals surface area contributed by atoms with Crippen molar-refractivity contribution in [2.75, 3.05) is 0 Å². The first-order chi connectivity index (χ1) is 8.27. The Kier molecular flexibility index (Phi) is 3.26. The Labute approximate surface area is 106 Å². The number of hydrogen-bond donors (Lipinski definition) is 3. The molecule has 102 valence electrons. The van der Waals surface area contributed by atoms with Crippen LogP contribution in [0.5, 0.6) is 0 Å². The zero-order chi connectivity index (χ0) is 13.6. The molecule has 0 saturated heterocycles. The van der Waals surface area contributed by atoms with E-state index in [1.807, 2.05) is 13.8 Å². The maximum atomic E-state index is 12.0. The first kappa shape index (κ1) is 13.5. The molecule has 0 amide bonds. The third kappa shape index (κ3) is 2.18. The van der Waals surface area contributed by atoms with Gasteiger partial charge in [0, 0.05) is 11.5 Å². The second-order valence-electron chi connectivity index (χ2n) is 5.17. The topological polar surface area (TPSA) is 106 Å². The van der Waals surface area contributed by atoms with Gasteiger partial charge in [-0.3, -0.25) is 0 Å². The van der Waals surface area contributed by atoms with Gasteiger partial charge in [-0.2, -0.15) is 0 Å². The Morgan fingerprint density at radius 1 is 1.56 bits per heavy atom. The molecule has 7 heteroatoms. The fourth-order valence-corrected chi connectivity index (χ4v) is 3.31. The predicted octanol–water partition coefficient (Wildman–Crippen LogP) is 0.176. The summed E-state index contributed by atoms with van der Waals surface area (Å²) in [4.78, 5) is 0. The molecule has 1 saturated carbocycles. The fraction of sp³-hybridized carbons (Fsp3) is 0.636. The van der Waals surface area contributed by atoms with E-state index in [1.54, 1.807) is 0 Å². The lowest BCUT2D eigenvalue weighted by atomic mass is 9.65. The summed E-state index contributed by atoms with van der Waals surface area (Å²) in [6, 6.07) is 2.63. The molecule has 2 rings (SSSR count). The van der Waals surface area contributed by atoms with Crippen molar-refractivity contribution in [1.29, 1.82) is 0 Å². The number of rotatable bonds is 4. The van der Waals surface area contributed by atoms with Gasteiger partial charge in [-0.25, -0.2) is 13.1 Å². The minimum Gasteiger partial charge on any atom is -0.447 e. The van der Waals surface area contributed by atoms with Gasteiger partial charge in [-0.1, -0.05) is 13.8 Å². The first-order valence-corrected chi connectivity index (χ1v) is 7.25. The lowest BCUT2D eigenvalue weighted by molar-refractivity contribution is -0.0646. The minimum absolute atomic E-state index is 0.139. The smallest absolute Gasteiger partial charge is 0.274 e. The number of aliphatic hydroxyl groups excluding tert-OH is 1. The second-order valence-corrected chi connectivity index (χ2v) is 6.82. The molecule has 1 heterocycles. The minimum atomic E-state index is -3.69. The lowest BCUT2D eigenvalue weighted by Crippen LogP contribution is -2.61. The molecule has 1 aliphatic rings. The predicted molar refractivity (Wildman–Crippen MR) is 65.1 cm³/mol. The maximum absolute atomic E-state index is 12.0. The Hall–Kier alpha value is -0.890. The Morgan fingerprint density at radius 2 is 2.22 bits per heavy atom. The molecule has 6 nitrogen and oxygen atoms in total. The number of sulfonamides is 1. The van der Waals surface area contributed by atoms with Crippen LogP contribution < -0.4 is 10.5 Å². The van der Waals surface area contributed by atoms with Crippen LogP contribution in [0.2, 0.25) is 0 Å². The molecular weight excluding hydrogens is 256 g/mol. The summed E-state index contributed by atoms with van der Waals surface area (Å²) in [6.45, 7) is 3.80. The van der Waals surface area contributed by atoms with Crippen molar-refractivity contribution in [3.8, 4) is 0 Å². The van der Waals surface area contributed by atoms with Gasteiger partial charge in [-0.15, -0.1) is 0 Å². The molecule has 18 heavy (non-hydrogen) atoms. The zero-order valence-corrected chi connectivity index (χ0v) is 11.2. The van der Waals surface area contributed by atoms with Crippen molar-refractivity contribution in [3.63, 3.8) is 0 Å². The molecule has 1 aromatic heterocycles. The van der Waals surface area contributed by atoms with Crippen molar-refractivity contribution in [1.82, 2.24) is 4.72 Å². The summed E-state index contributed by atoms with van der Waals surface area (Å²) in [5.41, 5.74) is 4.90. The molecule has 1 aliphatic carbocycles. The summed E-state index contributed by atoms with van der Waals surface area (Å²) in [6.07, 6.45) is -0.0714. The van der Waals surface area contributed by atoms with Crippen molar-refractivity contribution in [2.24, 2.45) is 11.1 Å². The zero-order valence-electron chi connectivity index (χ0n) is 10.4. The third-order valence-corrected chi connectivity index (χ3v) is 4.96. The number of nitrogens with two attached hydrogens (primary N) is 1. The normalized spacial score (nSPS) is 26.9. The van der Waals surface area contributed by atoms with Crippen LogP contribution in [0.1, 0.15) is 26.0 Å². The van der Waals surface area contributed by atoms with Crippen LogP contribution in [0.25, 0.3) is 0 Å². The van der Waals surface area contributed by atoms with Gasteiger partial charge in [0.25, 0.3) is 10.0 Å². The van der Waals surface area contributed by atoms with Gasteiger partial charge in [0.1, 0.15) is 5.76 Å². The molecule has 0 spiro atoms. The van der Waals surface area contributed by atoms with Gasteiger partial charge < -0.3 is 15.3 Å².